The number of carboxylic acids is 1. The Morgan fingerprint density at radius 3 is 2.48 bits per heavy atom. The number of carbonyl (C=O) groups excluding carboxylic acids is 2. The molecular formula is C14H16N2O5. The summed E-state index contributed by atoms with van der Waals surface area (Å²) in [5.74, 6) is -2.90. The molecule has 3 rings (SSSR count). The van der Waals surface area contributed by atoms with Gasteiger partial charge in [0.15, 0.2) is 5.76 Å². The number of hydrogen-bond donors (Lipinski definition) is 3. The Hall–Kier alpha value is -2.31. The first-order chi connectivity index (χ1) is 10.1. The van der Waals surface area contributed by atoms with Gasteiger partial charge >= 0.3 is 11.9 Å². The van der Waals surface area contributed by atoms with Crippen LogP contribution in [0.15, 0.2) is 22.8 Å². The highest BCUT2D eigenvalue weighted by Crippen LogP contribution is 2.52. The van der Waals surface area contributed by atoms with E-state index in [1.807, 2.05) is 0 Å². The Kier molecular flexibility index (Phi) is 3.40. The minimum absolute atomic E-state index is 0.0732. The molecule has 3 N–H and O–H groups in total. The zero-order valence-corrected chi connectivity index (χ0v) is 11.2. The van der Waals surface area contributed by atoms with Crippen molar-refractivity contribution in [3.63, 3.8) is 0 Å². The van der Waals surface area contributed by atoms with Crippen LogP contribution in [0.2, 0.25) is 0 Å². The van der Waals surface area contributed by atoms with E-state index in [1.54, 1.807) is 6.07 Å². The normalized spacial score (nSPS) is 30.1. The molecule has 7 heteroatoms. The Morgan fingerprint density at radius 1 is 1.14 bits per heavy atom. The van der Waals surface area contributed by atoms with Crippen LogP contribution in [0.25, 0.3) is 0 Å². The van der Waals surface area contributed by atoms with Gasteiger partial charge in [0.2, 0.25) is 5.91 Å². The van der Waals surface area contributed by atoms with Gasteiger partial charge in [-0.25, -0.2) is 0 Å². The molecule has 2 bridgehead atoms. The SMILES string of the molecule is O=C(NNC(=O)[C@H]1[C@H]2CC[C@H](C2)[C@@H]1C(=O)O)c1ccco1. The molecule has 7 nitrogen and oxygen atoms in total. The maximum atomic E-state index is 12.2. The number of carbonyl (C=O) groups is 3. The summed E-state index contributed by atoms with van der Waals surface area (Å²) < 4.78 is 4.90. The summed E-state index contributed by atoms with van der Waals surface area (Å²) in [6, 6.07) is 3.03. The molecule has 2 aliphatic carbocycles. The minimum Gasteiger partial charge on any atom is -0.481 e. The molecule has 0 aliphatic heterocycles. The van der Waals surface area contributed by atoms with Gasteiger partial charge in [-0.05, 0) is 43.2 Å². The second-order valence-electron chi connectivity index (χ2n) is 5.64. The van der Waals surface area contributed by atoms with Gasteiger partial charge in [0.25, 0.3) is 0 Å². The fourth-order valence-electron chi connectivity index (χ4n) is 3.69. The van der Waals surface area contributed by atoms with Crippen molar-refractivity contribution >= 4 is 17.8 Å². The van der Waals surface area contributed by atoms with E-state index in [2.05, 4.69) is 10.9 Å². The van der Waals surface area contributed by atoms with Crippen LogP contribution in [0.1, 0.15) is 29.8 Å². The zero-order chi connectivity index (χ0) is 15.0. The van der Waals surface area contributed by atoms with E-state index in [1.165, 1.54) is 12.3 Å². The Bertz CT molecular complexity index is 568. The lowest BCUT2D eigenvalue weighted by molar-refractivity contribution is -0.149. The highest BCUT2D eigenvalue weighted by atomic mass is 16.4. The van der Waals surface area contributed by atoms with Crippen molar-refractivity contribution in [2.75, 3.05) is 0 Å². The number of aliphatic carboxylic acids is 1. The van der Waals surface area contributed by atoms with E-state index < -0.39 is 29.6 Å². The summed E-state index contributed by atoms with van der Waals surface area (Å²) in [4.78, 5) is 35.2. The zero-order valence-electron chi connectivity index (χ0n) is 11.2. The number of hydrazine groups is 1. The van der Waals surface area contributed by atoms with Crippen molar-refractivity contribution in [3.8, 4) is 0 Å². The molecule has 2 aliphatic rings. The van der Waals surface area contributed by atoms with E-state index in [0.717, 1.165) is 19.3 Å². The van der Waals surface area contributed by atoms with E-state index in [-0.39, 0.29) is 17.6 Å². The maximum absolute atomic E-state index is 12.2. The first-order valence-corrected chi connectivity index (χ1v) is 6.94. The number of nitrogens with one attached hydrogen (secondary N) is 2. The predicted molar refractivity (Wildman–Crippen MR) is 69.8 cm³/mol. The van der Waals surface area contributed by atoms with Crippen LogP contribution < -0.4 is 10.9 Å². The van der Waals surface area contributed by atoms with Gasteiger partial charge in [0, 0.05) is 0 Å². The smallest absolute Gasteiger partial charge is 0.307 e. The molecule has 0 radical (unpaired) electrons. The lowest BCUT2D eigenvalue weighted by atomic mass is 9.79. The molecule has 0 aromatic carbocycles. The largest absolute Gasteiger partial charge is 0.481 e. The van der Waals surface area contributed by atoms with Crippen LogP contribution in [0.5, 0.6) is 0 Å². The molecule has 0 saturated heterocycles. The van der Waals surface area contributed by atoms with Crippen LogP contribution in [0.4, 0.5) is 0 Å². The Morgan fingerprint density at radius 2 is 1.86 bits per heavy atom. The molecule has 1 aromatic heterocycles. The fourth-order valence-corrected chi connectivity index (χ4v) is 3.69. The molecule has 2 saturated carbocycles. The minimum atomic E-state index is -0.931. The van der Waals surface area contributed by atoms with Crippen LogP contribution in [0, 0.1) is 23.7 Å². The van der Waals surface area contributed by atoms with E-state index in [4.69, 9.17) is 4.42 Å². The first kappa shape index (κ1) is 13.7. The molecule has 2 fully saturated rings. The van der Waals surface area contributed by atoms with Crippen molar-refractivity contribution < 1.29 is 23.9 Å². The lowest BCUT2D eigenvalue weighted by Gasteiger charge is -2.26. The van der Waals surface area contributed by atoms with Crippen LogP contribution in [-0.4, -0.2) is 22.9 Å². The Labute approximate surface area is 120 Å². The van der Waals surface area contributed by atoms with Gasteiger partial charge < -0.3 is 9.52 Å². The van der Waals surface area contributed by atoms with Crippen LogP contribution in [-0.2, 0) is 9.59 Å². The third-order valence-electron chi connectivity index (χ3n) is 4.55. The second kappa shape index (κ2) is 5.23. The molecule has 112 valence electrons. The van der Waals surface area contributed by atoms with E-state index in [9.17, 15) is 19.5 Å². The van der Waals surface area contributed by atoms with Gasteiger partial charge in [-0.2, -0.15) is 0 Å². The van der Waals surface area contributed by atoms with Gasteiger partial charge in [-0.15, -0.1) is 0 Å². The number of fused-ring (bicyclic) bond motifs is 2. The monoisotopic (exact) mass is 292 g/mol. The van der Waals surface area contributed by atoms with Crippen LogP contribution >= 0.6 is 0 Å². The number of furan rings is 1. The summed E-state index contributed by atoms with van der Waals surface area (Å²) >= 11 is 0. The third-order valence-corrected chi connectivity index (χ3v) is 4.55. The molecule has 2 amide bonds. The predicted octanol–water partition coefficient (Wildman–Crippen LogP) is 0.788. The van der Waals surface area contributed by atoms with E-state index in [0.29, 0.717) is 0 Å². The average Bonchev–Trinajstić information content (AvgIpc) is 3.17. The summed E-state index contributed by atoms with van der Waals surface area (Å²) in [5.41, 5.74) is 4.58. The average molecular weight is 292 g/mol. The van der Waals surface area contributed by atoms with Crippen LogP contribution in [0.3, 0.4) is 0 Å². The third kappa shape index (κ3) is 2.39. The number of rotatable bonds is 3. The van der Waals surface area contributed by atoms with Crippen molar-refractivity contribution in [3.05, 3.63) is 24.2 Å². The molecule has 0 spiro atoms. The fraction of sp³-hybridized carbons (Fsp3) is 0.500. The highest BCUT2D eigenvalue weighted by Gasteiger charge is 2.54. The molecule has 0 unspecified atom stereocenters. The maximum Gasteiger partial charge on any atom is 0.307 e. The van der Waals surface area contributed by atoms with Gasteiger partial charge in [-0.1, -0.05) is 0 Å². The number of amides is 2. The Balaban J connectivity index is 1.62. The molecule has 1 heterocycles. The van der Waals surface area contributed by atoms with Crippen molar-refractivity contribution in [2.45, 2.75) is 19.3 Å². The molecular weight excluding hydrogens is 276 g/mol. The van der Waals surface area contributed by atoms with Gasteiger partial charge in [-0.3, -0.25) is 25.2 Å². The summed E-state index contributed by atoms with van der Waals surface area (Å²) in [6.07, 6.45) is 3.87. The molecule has 21 heavy (non-hydrogen) atoms. The highest BCUT2D eigenvalue weighted by molar-refractivity contribution is 5.94. The van der Waals surface area contributed by atoms with Gasteiger partial charge in [0.05, 0.1) is 18.1 Å². The topological polar surface area (TPSA) is 109 Å². The number of hydrogen-bond acceptors (Lipinski definition) is 4. The summed E-state index contributed by atoms with van der Waals surface area (Å²) in [7, 11) is 0. The molecule has 1 aromatic rings. The quantitative estimate of drug-likeness (QED) is 0.714. The lowest BCUT2D eigenvalue weighted by Crippen LogP contribution is -2.48. The van der Waals surface area contributed by atoms with Crippen molar-refractivity contribution in [1.29, 1.82) is 0 Å². The standard InChI is InChI=1S/C14H16N2O5/c17-12(9-2-1-5-21-9)15-16-13(18)10-7-3-4-8(6-7)11(10)14(19)20/h1-2,5,7-8,10-11H,3-4,6H2,(H,15,17)(H,16,18)(H,19,20)/t7-,8+,10-,11-/m0/s1. The second-order valence-corrected chi connectivity index (χ2v) is 5.64. The van der Waals surface area contributed by atoms with Gasteiger partial charge in [0.1, 0.15) is 0 Å². The number of carboxylic acid groups (broad SMARTS) is 1. The first-order valence-electron chi connectivity index (χ1n) is 6.94. The summed E-state index contributed by atoms with van der Waals surface area (Å²) in [5, 5.41) is 9.30. The van der Waals surface area contributed by atoms with Crippen molar-refractivity contribution in [1.82, 2.24) is 10.9 Å². The molecule has 4 atom stereocenters. The van der Waals surface area contributed by atoms with E-state index >= 15 is 0 Å². The summed E-state index contributed by atoms with van der Waals surface area (Å²) in [6.45, 7) is 0. The van der Waals surface area contributed by atoms with Crippen molar-refractivity contribution in [2.24, 2.45) is 23.7 Å².